The van der Waals surface area contributed by atoms with E-state index in [4.69, 9.17) is 11.6 Å². The Balaban J connectivity index is 2.22. The van der Waals surface area contributed by atoms with E-state index in [1.807, 2.05) is 0 Å². The minimum Gasteiger partial charge on any atom is -0.379 e. The number of halogens is 1. The van der Waals surface area contributed by atoms with Crippen LogP contribution in [0, 0.1) is 0 Å². The van der Waals surface area contributed by atoms with Crippen molar-refractivity contribution < 1.29 is 4.79 Å². The summed E-state index contributed by atoms with van der Waals surface area (Å²) in [6.07, 6.45) is 1.80. The van der Waals surface area contributed by atoms with Gasteiger partial charge in [0, 0.05) is 35.9 Å². The van der Waals surface area contributed by atoms with E-state index >= 15 is 0 Å². The summed E-state index contributed by atoms with van der Waals surface area (Å²) in [5.41, 5.74) is 3.12. The Hall–Kier alpha value is -1.59. The summed E-state index contributed by atoms with van der Waals surface area (Å²) in [6.45, 7) is 0.624. The maximum atomic E-state index is 12.1. The Morgan fingerprint density at radius 3 is 2.89 bits per heavy atom. The fourth-order valence-corrected chi connectivity index (χ4v) is 2.31. The maximum absolute atomic E-state index is 12.1. The van der Waals surface area contributed by atoms with Crippen molar-refractivity contribution in [2.24, 2.45) is 0 Å². The van der Waals surface area contributed by atoms with Crippen LogP contribution < -0.4 is 5.32 Å². The minimum absolute atomic E-state index is 0.0523. The molecule has 100 valence electrons. The number of benzene rings is 1. The fourth-order valence-electron chi connectivity index (χ4n) is 1.60. The topological polar surface area (TPSA) is 45.2 Å². The summed E-state index contributed by atoms with van der Waals surface area (Å²) in [4.78, 5) is 18.7. The van der Waals surface area contributed by atoms with Crippen molar-refractivity contribution in [1.29, 1.82) is 0 Å². The molecule has 0 aliphatic rings. The zero-order valence-corrected chi connectivity index (χ0v) is 12.3. The van der Waals surface area contributed by atoms with Crippen LogP contribution in [0.4, 0.5) is 5.69 Å². The molecule has 19 heavy (non-hydrogen) atoms. The summed E-state index contributed by atoms with van der Waals surface area (Å²) >= 11 is 7.55. The molecule has 1 heterocycles. The van der Waals surface area contributed by atoms with Crippen molar-refractivity contribution in [3.63, 3.8) is 0 Å². The minimum atomic E-state index is -0.0523. The molecule has 0 spiro atoms. The number of anilines is 1. The third-order valence-corrected chi connectivity index (χ3v) is 3.57. The second kappa shape index (κ2) is 6.04. The van der Waals surface area contributed by atoms with E-state index < -0.39 is 0 Å². The normalized spacial score (nSPS) is 10.3. The van der Waals surface area contributed by atoms with Crippen molar-refractivity contribution in [3.8, 4) is 0 Å². The quantitative estimate of drug-likeness (QED) is 0.942. The average Bonchev–Trinajstić information content (AvgIpc) is 2.88. The molecule has 2 rings (SSSR count). The molecule has 0 radical (unpaired) electrons. The van der Waals surface area contributed by atoms with Crippen LogP contribution in [-0.2, 0) is 6.54 Å². The van der Waals surface area contributed by atoms with Gasteiger partial charge in [-0.05, 0) is 18.2 Å². The van der Waals surface area contributed by atoms with Crippen molar-refractivity contribution in [2.75, 3.05) is 19.4 Å². The third kappa shape index (κ3) is 3.45. The lowest BCUT2D eigenvalue weighted by Crippen LogP contribution is -2.22. The molecule has 1 aromatic heterocycles. The summed E-state index contributed by atoms with van der Waals surface area (Å²) in [7, 11) is 3.45. The molecular weight excluding hydrogens is 282 g/mol. The molecule has 6 heteroatoms. The zero-order chi connectivity index (χ0) is 13.8. The summed E-state index contributed by atoms with van der Waals surface area (Å²) in [5, 5.41) is 3.83. The summed E-state index contributed by atoms with van der Waals surface area (Å²) in [5.74, 6) is -0.0523. The van der Waals surface area contributed by atoms with E-state index in [1.54, 1.807) is 60.2 Å². The first-order valence-corrected chi connectivity index (χ1v) is 6.96. The Morgan fingerprint density at radius 1 is 1.47 bits per heavy atom. The molecule has 1 N–H and O–H groups in total. The van der Waals surface area contributed by atoms with Crippen LogP contribution in [0.1, 0.15) is 15.2 Å². The molecule has 4 nitrogen and oxygen atoms in total. The van der Waals surface area contributed by atoms with Crippen LogP contribution in [0.25, 0.3) is 0 Å². The van der Waals surface area contributed by atoms with E-state index in [0.29, 0.717) is 17.1 Å². The number of carbonyl (C=O) groups is 1. The number of nitrogens with one attached hydrogen (secondary N) is 1. The van der Waals surface area contributed by atoms with Crippen molar-refractivity contribution in [2.45, 2.75) is 6.54 Å². The van der Waals surface area contributed by atoms with E-state index in [2.05, 4.69) is 10.3 Å². The van der Waals surface area contributed by atoms with Crippen molar-refractivity contribution in [3.05, 3.63) is 45.4 Å². The Kier molecular flexibility index (Phi) is 4.39. The van der Waals surface area contributed by atoms with Crippen LogP contribution in [0.2, 0.25) is 5.02 Å². The number of amides is 1. The summed E-state index contributed by atoms with van der Waals surface area (Å²) < 4.78 is 0. The molecule has 0 fully saturated rings. The van der Waals surface area contributed by atoms with E-state index in [-0.39, 0.29) is 5.91 Å². The molecule has 0 unspecified atom stereocenters. The van der Waals surface area contributed by atoms with Gasteiger partial charge in [0.1, 0.15) is 0 Å². The molecule has 0 saturated carbocycles. The van der Waals surface area contributed by atoms with Crippen molar-refractivity contribution >= 4 is 34.5 Å². The average molecular weight is 296 g/mol. The number of aromatic nitrogens is 1. The maximum Gasteiger partial charge on any atom is 0.255 e. The monoisotopic (exact) mass is 295 g/mol. The molecule has 0 atom stereocenters. The van der Waals surface area contributed by atoms with Gasteiger partial charge in [-0.25, -0.2) is 0 Å². The number of carbonyl (C=O) groups excluding carboxylic acids is 1. The molecule has 0 saturated heterocycles. The van der Waals surface area contributed by atoms with Crippen LogP contribution in [-0.4, -0.2) is 29.9 Å². The van der Waals surface area contributed by atoms with Crippen LogP contribution in [0.5, 0.6) is 0 Å². The van der Waals surface area contributed by atoms with Crippen LogP contribution in [0.15, 0.2) is 29.9 Å². The van der Waals surface area contributed by atoms with Gasteiger partial charge >= 0.3 is 0 Å². The van der Waals surface area contributed by atoms with E-state index in [9.17, 15) is 4.79 Å². The molecule has 0 bridgehead atoms. The van der Waals surface area contributed by atoms with E-state index in [1.165, 1.54) is 0 Å². The zero-order valence-electron chi connectivity index (χ0n) is 10.7. The van der Waals surface area contributed by atoms with E-state index in [0.717, 1.165) is 10.6 Å². The number of hydrogen-bond donors (Lipinski definition) is 1. The first kappa shape index (κ1) is 13.8. The Bertz CT molecular complexity index is 569. The highest BCUT2D eigenvalue weighted by Gasteiger charge is 2.13. The first-order chi connectivity index (χ1) is 9.08. The fraction of sp³-hybridized carbons (Fsp3) is 0.231. The number of thiazole rings is 1. The van der Waals surface area contributed by atoms with Crippen LogP contribution in [0.3, 0.4) is 0 Å². The van der Waals surface area contributed by atoms with Crippen molar-refractivity contribution in [1.82, 2.24) is 9.88 Å². The lowest BCUT2D eigenvalue weighted by atomic mass is 10.1. The number of rotatable bonds is 4. The molecular formula is C13H14ClN3OS. The van der Waals surface area contributed by atoms with Gasteiger partial charge in [-0.3, -0.25) is 9.78 Å². The smallest absolute Gasteiger partial charge is 0.255 e. The van der Waals surface area contributed by atoms with Gasteiger partial charge in [0.25, 0.3) is 5.91 Å². The predicted molar refractivity (Wildman–Crippen MR) is 78.9 cm³/mol. The van der Waals surface area contributed by atoms with Gasteiger partial charge in [0.05, 0.1) is 17.6 Å². The van der Waals surface area contributed by atoms with Gasteiger partial charge in [0.15, 0.2) is 0 Å². The number of nitrogens with zero attached hydrogens (tertiary/aromatic N) is 2. The lowest BCUT2D eigenvalue weighted by molar-refractivity contribution is 0.0828. The van der Waals surface area contributed by atoms with Gasteiger partial charge in [-0.15, -0.1) is 11.3 Å². The second-order valence-electron chi connectivity index (χ2n) is 4.21. The lowest BCUT2D eigenvalue weighted by Gasteiger charge is -2.15. The molecule has 2 aromatic rings. The van der Waals surface area contributed by atoms with Gasteiger partial charge in [0.2, 0.25) is 0 Å². The van der Waals surface area contributed by atoms with Crippen LogP contribution >= 0.6 is 22.9 Å². The molecule has 1 amide bonds. The third-order valence-electron chi connectivity index (χ3n) is 2.55. The highest BCUT2D eigenvalue weighted by atomic mass is 35.5. The van der Waals surface area contributed by atoms with Gasteiger partial charge in [-0.2, -0.15) is 0 Å². The Labute approximate surface area is 121 Å². The summed E-state index contributed by atoms with van der Waals surface area (Å²) in [6, 6.07) is 5.22. The van der Waals surface area contributed by atoms with Gasteiger partial charge in [-0.1, -0.05) is 11.6 Å². The second-order valence-corrected chi connectivity index (χ2v) is 5.62. The standard InChI is InChI=1S/C13H14ClN3OS/c1-17(2)13(18)11-4-3-9(14)5-12(11)16-7-10-6-15-8-19-10/h3-6,8,16H,7H2,1-2H3. The largest absolute Gasteiger partial charge is 0.379 e. The Morgan fingerprint density at radius 2 is 2.26 bits per heavy atom. The number of hydrogen-bond acceptors (Lipinski definition) is 4. The molecule has 0 aliphatic carbocycles. The van der Waals surface area contributed by atoms with Gasteiger partial charge < -0.3 is 10.2 Å². The highest BCUT2D eigenvalue weighted by molar-refractivity contribution is 7.09. The molecule has 0 aliphatic heterocycles. The highest BCUT2D eigenvalue weighted by Crippen LogP contribution is 2.23. The molecule has 1 aromatic carbocycles. The predicted octanol–water partition coefficient (Wildman–Crippen LogP) is 3.11. The SMILES string of the molecule is CN(C)C(=O)c1ccc(Cl)cc1NCc1cncs1. The first-order valence-electron chi connectivity index (χ1n) is 5.70.